The molecule has 2 rings (SSSR count). The molecule has 16 heavy (non-hydrogen) atoms. The van der Waals surface area contributed by atoms with E-state index in [2.05, 4.69) is 9.97 Å². The van der Waals surface area contributed by atoms with E-state index in [0.29, 0.717) is 10.7 Å². The normalized spacial score (nSPS) is 10.3. The predicted octanol–water partition coefficient (Wildman–Crippen LogP) is 2.17. The summed E-state index contributed by atoms with van der Waals surface area (Å²) in [4.78, 5) is 30.1. The van der Waals surface area contributed by atoms with Gasteiger partial charge in [0.25, 0.3) is 0 Å². The first-order valence-electron chi connectivity index (χ1n) is 4.23. The number of aromatic carboxylic acids is 1. The lowest BCUT2D eigenvalue weighted by molar-refractivity contribution is 0.0697. The van der Waals surface area contributed by atoms with E-state index in [9.17, 15) is 9.59 Å². The minimum atomic E-state index is -1.14. The molecule has 0 amide bonds. The Kier molecular flexibility index (Phi) is 2.80. The molecule has 82 valence electrons. The van der Waals surface area contributed by atoms with E-state index in [-0.39, 0.29) is 16.4 Å². The van der Waals surface area contributed by atoms with Crippen LogP contribution in [0.2, 0.25) is 0 Å². The summed E-state index contributed by atoms with van der Waals surface area (Å²) < 4.78 is 0. The highest BCUT2D eigenvalue weighted by Crippen LogP contribution is 2.28. The number of Topliss-reactive ketones (excluding diaryl/α,β-unsaturated/α-hetero) is 1. The highest BCUT2D eigenvalue weighted by atomic mass is 32.1. The van der Waals surface area contributed by atoms with Crippen molar-refractivity contribution in [3.05, 3.63) is 21.5 Å². The van der Waals surface area contributed by atoms with Gasteiger partial charge in [-0.2, -0.15) is 0 Å². The number of carboxylic acids is 1. The van der Waals surface area contributed by atoms with Crippen molar-refractivity contribution in [1.29, 1.82) is 0 Å². The van der Waals surface area contributed by atoms with E-state index in [4.69, 9.17) is 5.11 Å². The van der Waals surface area contributed by atoms with Gasteiger partial charge in [-0.15, -0.1) is 22.7 Å². The lowest BCUT2D eigenvalue weighted by Crippen LogP contribution is -2.02. The molecule has 7 heteroatoms. The maximum atomic E-state index is 11.2. The summed E-state index contributed by atoms with van der Waals surface area (Å²) in [5.74, 6) is -1.49. The van der Waals surface area contributed by atoms with Gasteiger partial charge in [0.05, 0.1) is 5.51 Å². The van der Waals surface area contributed by atoms with Gasteiger partial charge in [-0.25, -0.2) is 14.8 Å². The Balaban J connectivity index is 2.55. The molecule has 0 aliphatic heterocycles. The van der Waals surface area contributed by atoms with Gasteiger partial charge in [0, 0.05) is 12.3 Å². The largest absolute Gasteiger partial charge is 0.477 e. The maximum absolute atomic E-state index is 11.2. The minimum Gasteiger partial charge on any atom is -0.477 e. The average Bonchev–Trinajstić information content (AvgIpc) is 2.86. The van der Waals surface area contributed by atoms with Crippen LogP contribution < -0.4 is 0 Å². The van der Waals surface area contributed by atoms with Crippen molar-refractivity contribution < 1.29 is 14.7 Å². The van der Waals surface area contributed by atoms with Gasteiger partial charge in [-0.1, -0.05) is 0 Å². The smallest absolute Gasteiger partial charge is 0.348 e. The molecule has 0 fully saturated rings. The van der Waals surface area contributed by atoms with E-state index < -0.39 is 5.97 Å². The summed E-state index contributed by atoms with van der Waals surface area (Å²) in [5.41, 5.74) is 2.23. The van der Waals surface area contributed by atoms with Crippen molar-refractivity contribution in [3.8, 4) is 10.7 Å². The Morgan fingerprint density at radius 1 is 1.44 bits per heavy atom. The van der Waals surface area contributed by atoms with Crippen molar-refractivity contribution in [2.24, 2.45) is 0 Å². The third-order valence-electron chi connectivity index (χ3n) is 1.81. The second kappa shape index (κ2) is 4.11. The highest BCUT2D eigenvalue weighted by Gasteiger charge is 2.21. The number of rotatable bonds is 3. The van der Waals surface area contributed by atoms with Gasteiger partial charge in [-0.05, 0) is 0 Å². The molecule has 1 N–H and O–H groups in total. The van der Waals surface area contributed by atoms with Crippen LogP contribution >= 0.6 is 22.7 Å². The van der Waals surface area contributed by atoms with Gasteiger partial charge in [0.2, 0.25) is 0 Å². The molecule has 0 aromatic carbocycles. The fourth-order valence-electron chi connectivity index (χ4n) is 1.13. The van der Waals surface area contributed by atoms with E-state index in [1.807, 2.05) is 0 Å². The third-order valence-corrected chi connectivity index (χ3v) is 3.46. The predicted molar refractivity (Wildman–Crippen MR) is 60.2 cm³/mol. The summed E-state index contributed by atoms with van der Waals surface area (Å²) in [5, 5.41) is 11.1. The summed E-state index contributed by atoms with van der Waals surface area (Å²) in [6.07, 6.45) is 0. The molecule has 0 radical (unpaired) electrons. The lowest BCUT2D eigenvalue weighted by atomic mass is 10.3. The van der Waals surface area contributed by atoms with Crippen molar-refractivity contribution in [2.75, 3.05) is 0 Å². The second-order valence-corrected chi connectivity index (χ2v) is 4.65. The minimum absolute atomic E-state index is 0.000463. The molecule has 0 aliphatic carbocycles. The molecule has 0 bridgehead atoms. The fraction of sp³-hybridized carbons (Fsp3) is 0.111. The van der Waals surface area contributed by atoms with Crippen molar-refractivity contribution in [2.45, 2.75) is 6.92 Å². The topological polar surface area (TPSA) is 80.2 Å². The van der Waals surface area contributed by atoms with E-state index in [1.54, 1.807) is 10.9 Å². The van der Waals surface area contributed by atoms with Gasteiger partial charge < -0.3 is 5.11 Å². The molecule has 2 aromatic heterocycles. The van der Waals surface area contributed by atoms with Gasteiger partial charge in [0.1, 0.15) is 21.3 Å². The number of nitrogens with zero attached hydrogens (tertiary/aromatic N) is 2. The van der Waals surface area contributed by atoms with Crippen LogP contribution in [0.4, 0.5) is 0 Å². The Bertz CT molecular complexity index is 514. The number of hydrogen-bond acceptors (Lipinski definition) is 6. The number of carbonyl (C=O) groups excluding carboxylic acids is 1. The van der Waals surface area contributed by atoms with E-state index in [1.165, 1.54) is 18.3 Å². The zero-order valence-electron chi connectivity index (χ0n) is 8.13. The maximum Gasteiger partial charge on any atom is 0.348 e. The number of thiazole rings is 2. The molecular formula is C9H6N2O3S2. The molecule has 0 unspecified atom stereocenters. The third kappa shape index (κ3) is 1.86. The van der Waals surface area contributed by atoms with Crippen LogP contribution in [0.25, 0.3) is 10.7 Å². The summed E-state index contributed by atoms with van der Waals surface area (Å²) >= 11 is 2.36. The van der Waals surface area contributed by atoms with Crippen LogP contribution in [0.1, 0.15) is 27.1 Å². The van der Waals surface area contributed by atoms with E-state index >= 15 is 0 Å². The number of carbonyl (C=O) groups is 2. The van der Waals surface area contributed by atoms with Crippen LogP contribution in [-0.2, 0) is 0 Å². The quantitative estimate of drug-likeness (QED) is 0.849. The van der Waals surface area contributed by atoms with Crippen LogP contribution in [0.15, 0.2) is 10.9 Å². The summed E-state index contributed by atoms with van der Waals surface area (Å²) in [6, 6.07) is 0. The molecule has 0 atom stereocenters. The number of hydrogen-bond donors (Lipinski definition) is 1. The first-order valence-corrected chi connectivity index (χ1v) is 5.99. The molecule has 2 heterocycles. The molecule has 0 spiro atoms. The van der Waals surface area contributed by atoms with Crippen LogP contribution in [0.3, 0.4) is 0 Å². The Morgan fingerprint density at radius 3 is 2.62 bits per heavy atom. The highest BCUT2D eigenvalue weighted by molar-refractivity contribution is 7.17. The molecule has 0 aliphatic rings. The molecular weight excluding hydrogens is 248 g/mol. The number of aromatic nitrogens is 2. The fourth-order valence-corrected chi connectivity index (χ4v) is 2.66. The van der Waals surface area contributed by atoms with Gasteiger partial charge in [-0.3, -0.25) is 4.79 Å². The Labute approximate surface area is 98.4 Å². The molecule has 0 saturated carbocycles. The van der Waals surface area contributed by atoms with Gasteiger partial charge >= 0.3 is 5.97 Å². The molecule has 0 saturated heterocycles. The van der Waals surface area contributed by atoms with Gasteiger partial charge in [0.15, 0.2) is 5.78 Å². The van der Waals surface area contributed by atoms with Crippen LogP contribution in [-0.4, -0.2) is 26.8 Å². The van der Waals surface area contributed by atoms with Crippen molar-refractivity contribution in [3.63, 3.8) is 0 Å². The zero-order chi connectivity index (χ0) is 11.7. The average molecular weight is 254 g/mol. The first kappa shape index (κ1) is 10.9. The second-order valence-electron chi connectivity index (χ2n) is 2.93. The monoisotopic (exact) mass is 254 g/mol. The Hall–Kier alpha value is -1.60. The van der Waals surface area contributed by atoms with E-state index in [0.717, 1.165) is 11.3 Å². The van der Waals surface area contributed by atoms with Crippen LogP contribution in [0, 0.1) is 0 Å². The summed E-state index contributed by atoms with van der Waals surface area (Å²) in [7, 11) is 0. The molecule has 5 nitrogen and oxygen atoms in total. The number of carboxylic acid groups (broad SMARTS) is 1. The lowest BCUT2D eigenvalue weighted by Gasteiger charge is -1.89. The number of ketones is 1. The van der Waals surface area contributed by atoms with Crippen LogP contribution in [0.5, 0.6) is 0 Å². The first-order chi connectivity index (χ1) is 7.59. The van der Waals surface area contributed by atoms with Crippen molar-refractivity contribution in [1.82, 2.24) is 9.97 Å². The van der Waals surface area contributed by atoms with Crippen molar-refractivity contribution >= 4 is 34.4 Å². The Morgan fingerprint density at radius 2 is 2.19 bits per heavy atom. The summed E-state index contributed by atoms with van der Waals surface area (Å²) in [6.45, 7) is 1.30. The standard InChI is InChI=1S/C9H6N2O3S2/c1-4(12)6-7(9(13)14)16-8(11-6)5-2-15-3-10-5/h2-3H,1H3,(H,13,14). The SMILES string of the molecule is CC(=O)c1nc(-c2cscn2)sc1C(=O)O. The zero-order valence-corrected chi connectivity index (χ0v) is 9.76. The molecule has 2 aromatic rings.